The van der Waals surface area contributed by atoms with Crippen LogP contribution in [0, 0.1) is 5.82 Å². The summed E-state index contributed by atoms with van der Waals surface area (Å²) < 4.78 is 15.4. The number of benzene rings is 2. The first-order valence-corrected chi connectivity index (χ1v) is 8.60. The Bertz CT molecular complexity index is 922. The summed E-state index contributed by atoms with van der Waals surface area (Å²) in [4.78, 5) is 12.1. The van der Waals surface area contributed by atoms with E-state index in [9.17, 15) is 9.18 Å². The molecule has 0 aliphatic rings. The average molecular weight is 416 g/mol. The van der Waals surface area contributed by atoms with Crippen molar-refractivity contribution in [1.29, 1.82) is 0 Å². The Balaban J connectivity index is 1.69. The van der Waals surface area contributed by atoms with Crippen LogP contribution in [0.2, 0.25) is 0 Å². The van der Waals surface area contributed by atoms with Crippen molar-refractivity contribution in [2.75, 3.05) is 0 Å². The Labute approximate surface area is 157 Å². The minimum Gasteiger partial charge on any atom is -0.343 e. The van der Waals surface area contributed by atoms with Crippen molar-refractivity contribution in [3.05, 3.63) is 76.3 Å². The highest BCUT2D eigenvalue weighted by Gasteiger charge is 2.17. The number of aromatic nitrogens is 4. The van der Waals surface area contributed by atoms with Crippen molar-refractivity contribution in [2.45, 2.75) is 13.0 Å². The van der Waals surface area contributed by atoms with Gasteiger partial charge in [0.2, 0.25) is 5.91 Å². The van der Waals surface area contributed by atoms with Crippen molar-refractivity contribution in [2.24, 2.45) is 0 Å². The van der Waals surface area contributed by atoms with Gasteiger partial charge in [-0.25, -0.2) is 4.39 Å². The predicted octanol–water partition coefficient (Wildman–Crippen LogP) is 3.45. The number of hydrogen-bond donors (Lipinski definition) is 1. The van der Waals surface area contributed by atoms with Gasteiger partial charge in [-0.3, -0.25) is 4.79 Å². The van der Waals surface area contributed by atoms with Crippen LogP contribution >= 0.6 is 15.9 Å². The summed E-state index contributed by atoms with van der Waals surface area (Å²) in [5, 5.41) is 14.5. The quantitative estimate of drug-likeness (QED) is 0.647. The molecule has 3 rings (SSSR count). The summed E-state index contributed by atoms with van der Waals surface area (Å²) in [5.41, 5.74) is 1.52. The maximum absolute atomic E-state index is 12.9. The van der Waals surface area contributed by atoms with Crippen molar-refractivity contribution in [1.82, 2.24) is 25.5 Å². The molecule has 0 radical (unpaired) electrons. The maximum atomic E-state index is 12.9. The number of nitrogens with one attached hydrogen (secondary N) is 1. The topological polar surface area (TPSA) is 72.7 Å². The van der Waals surface area contributed by atoms with Gasteiger partial charge in [0.15, 0.2) is 5.82 Å². The van der Waals surface area contributed by atoms with E-state index < -0.39 is 6.04 Å². The second-order valence-corrected chi connectivity index (χ2v) is 6.46. The van der Waals surface area contributed by atoms with Crippen LogP contribution < -0.4 is 5.32 Å². The smallest absolute Gasteiger partial charge is 0.244 e. The molecule has 26 heavy (non-hydrogen) atoms. The predicted molar refractivity (Wildman–Crippen MR) is 98.8 cm³/mol. The highest BCUT2D eigenvalue weighted by molar-refractivity contribution is 9.10. The lowest BCUT2D eigenvalue weighted by atomic mass is 10.2. The van der Waals surface area contributed by atoms with Gasteiger partial charge in [-0.2, -0.15) is 4.68 Å². The molecule has 0 aliphatic heterocycles. The van der Waals surface area contributed by atoms with Gasteiger partial charge in [-0.05, 0) is 65.4 Å². The van der Waals surface area contributed by atoms with Crippen molar-refractivity contribution >= 4 is 27.9 Å². The Hall–Kier alpha value is -2.87. The molecule has 0 spiro atoms. The molecule has 1 amide bonds. The monoisotopic (exact) mass is 415 g/mol. The van der Waals surface area contributed by atoms with E-state index in [2.05, 4.69) is 36.8 Å². The van der Waals surface area contributed by atoms with Crippen LogP contribution in [0.4, 0.5) is 4.39 Å². The zero-order valence-electron chi connectivity index (χ0n) is 13.8. The van der Waals surface area contributed by atoms with Crippen molar-refractivity contribution in [3.63, 3.8) is 0 Å². The summed E-state index contributed by atoms with van der Waals surface area (Å²) in [6.07, 6.45) is 3.00. The summed E-state index contributed by atoms with van der Waals surface area (Å²) in [5.74, 6) is -0.108. The third-order valence-electron chi connectivity index (χ3n) is 3.61. The number of nitrogens with zero attached hydrogens (tertiary/aromatic N) is 4. The number of halogens is 2. The Morgan fingerprint density at radius 2 is 1.88 bits per heavy atom. The minimum atomic E-state index is -0.404. The zero-order chi connectivity index (χ0) is 18.5. The molecule has 8 heteroatoms. The van der Waals surface area contributed by atoms with Gasteiger partial charge in [-0.15, -0.1) is 5.10 Å². The fourth-order valence-electron chi connectivity index (χ4n) is 2.30. The van der Waals surface area contributed by atoms with Gasteiger partial charge in [0.05, 0.1) is 11.7 Å². The molecule has 2 aromatic carbocycles. The molecule has 0 saturated carbocycles. The first-order valence-electron chi connectivity index (χ1n) is 7.81. The van der Waals surface area contributed by atoms with Gasteiger partial charge in [-0.1, -0.05) is 28.1 Å². The molecule has 1 aromatic heterocycles. The standard InChI is InChI=1S/C18H15BrFN5O/c1-12(21-17(26)11-4-13-2-7-15(20)8-3-13)18-22-23-24-25(18)16-9-5-14(19)6-10-16/h2-12H,1H3,(H,21,26)/b11-4+. The number of rotatable bonds is 5. The molecule has 1 N–H and O–H groups in total. The summed E-state index contributed by atoms with van der Waals surface area (Å²) in [6.45, 7) is 1.80. The molecule has 1 unspecified atom stereocenters. The molecule has 1 atom stereocenters. The van der Waals surface area contributed by atoms with E-state index in [4.69, 9.17) is 0 Å². The lowest BCUT2D eigenvalue weighted by Crippen LogP contribution is -2.27. The van der Waals surface area contributed by atoms with Crippen LogP contribution in [0.25, 0.3) is 11.8 Å². The van der Waals surface area contributed by atoms with E-state index in [-0.39, 0.29) is 11.7 Å². The zero-order valence-corrected chi connectivity index (χ0v) is 15.4. The van der Waals surface area contributed by atoms with Crippen LogP contribution in [-0.4, -0.2) is 26.1 Å². The number of amides is 1. The van der Waals surface area contributed by atoms with Gasteiger partial charge >= 0.3 is 0 Å². The first kappa shape index (κ1) is 17.9. The summed E-state index contributed by atoms with van der Waals surface area (Å²) in [6, 6.07) is 13.0. The van der Waals surface area contributed by atoms with Crippen LogP contribution in [0.15, 0.2) is 59.1 Å². The highest BCUT2D eigenvalue weighted by atomic mass is 79.9. The number of tetrazole rings is 1. The second-order valence-electron chi connectivity index (χ2n) is 5.54. The Morgan fingerprint density at radius 3 is 2.58 bits per heavy atom. The van der Waals surface area contributed by atoms with E-state index >= 15 is 0 Å². The first-order chi connectivity index (χ1) is 12.5. The fourth-order valence-corrected chi connectivity index (χ4v) is 2.57. The average Bonchev–Trinajstić information content (AvgIpc) is 3.12. The highest BCUT2D eigenvalue weighted by Crippen LogP contribution is 2.17. The molecule has 6 nitrogen and oxygen atoms in total. The van der Waals surface area contributed by atoms with Gasteiger partial charge < -0.3 is 5.32 Å². The van der Waals surface area contributed by atoms with Crippen molar-refractivity contribution in [3.8, 4) is 5.69 Å². The maximum Gasteiger partial charge on any atom is 0.244 e. The lowest BCUT2D eigenvalue weighted by Gasteiger charge is -2.12. The molecule has 0 aliphatic carbocycles. The summed E-state index contributed by atoms with van der Waals surface area (Å²) in [7, 11) is 0. The van der Waals surface area contributed by atoms with E-state index in [1.54, 1.807) is 29.8 Å². The van der Waals surface area contributed by atoms with Gasteiger partial charge in [0, 0.05) is 10.5 Å². The Kier molecular flexibility index (Phi) is 5.52. The molecular weight excluding hydrogens is 401 g/mol. The molecule has 1 heterocycles. The SMILES string of the molecule is CC(NC(=O)/C=C/c1ccc(F)cc1)c1nnnn1-c1ccc(Br)cc1. The number of hydrogen-bond acceptors (Lipinski definition) is 4. The van der Waals surface area contributed by atoms with Gasteiger partial charge in [0.1, 0.15) is 5.82 Å². The molecule has 0 fully saturated rings. The third kappa shape index (κ3) is 4.40. The normalized spacial score (nSPS) is 12.3. The largest absolute Gasteiger partial charge is 0.343 e. The van der Waals surface area contributed by atoms with E-state index in [0.29, 0.717) is 5.82 Å². The Morgan fingerprint density at radius 1 is 1.19 bits per heavy atom. The van der Waals surface area contributed by atoms with E-state index in [0.717, 1.165) is 15.7 Å². The van der Waals surface area contributed by atoms with Crippen LogP contribution in [0.3, 0.4) is 0 Å². The van der Waals surface area contributed by atoms with E-state index in [1.807, 2.05) is 24.3 Å². The molecular formula is C18H15BrFN5O. The second kappa shape index (κ2) is 8.01. The van der Waals surface area contributed by atoms with Crippen LogP contribution in [0.1, 0.15) is 24.4 Å². The van der Waals surface area contributed by atoms with Gasteiger partial charge in [0.25, 0.3) is 0 Å². The minimum absolute atomic E-state index is 0.299. The molecule has 132 valence electrons. The lowest BCUT2D eigenvalue weighted by molar-refractivity contribution is -0.117. The third-order valence-corrected chi connectivity index (χ3v) is 4.14. The summed E-state index contributed by atoms with van der Waals surface area (Å²) >= 11 is 3.38. The van der Waals surface area contributed by atoms with Crippen molar-refractivity contribution < 1.29 is 9.18 Å². The van der Waals surface area contributed by atoms with Crippen LogP contribution in [-0.2, 0) is 4.79 Å². The number of carbonyl (C=O) groups is 1. The molecule has 0 saturated heterocycles. The van der Waals surface area contributed by atoms with E-state index in [1.165, 1.54) is 18.2 Å². The number of carbonyl (C=O) groups excluding carboxylic acids is 1. The molecule has 3 aromatic rings. The fraction of sp³-hybridized carbons (Fsp3) is 0.111. The van der Waals surface area contributed by atoms with Crippen LogP contribution in [0.5, 0.6) is 0 Å². The molecule has 0 bridgehead atoms.